The number of para-hydroxylation sites is 2. The van der Waals surface area contributed by atoms with E-state index in [0.29, 0.717) is 50.8 Å². The lowest BCUT2D eigenvalue weighted by molar-refractivity contribution is -0.143. The maximum absolute atomic E-state index is 12.8. The number of ether oxygens (including phenoxy) is 2. The summed E-state index contributed by atoms with van der Waals surface area (Å²) in [7, 11) is 0. The summed E-state index contributed by atoms with van der Waals surface area (Å²) >= 11 is 0. The van der Waals surface area contributed by atoms with E-state index in [0.717, 1.165) is 5.56 Å². The maximum atomic E-state index is 12.8. The zero-order chi connectivity index (χ0) is 20.9. The summed E-state index contributed by atoms with van der Waals surface area (Å²) in [6, 6.07) is 15.4. The molecule has 0 saturated carbocycles. The van der Waals surface area contributed by atoms with Crippen molar-refractivity contribution in [1.82, 2.24) is 15.1 Å². The van der Waals surface area contributed by atoms with Crippen LogP contribution in [0.4, 0.5) is 0 Å². The molecule has 30 heavy (non-hydrogen) atoms. The molecular formula is C23H27N3O4. The van der Waals surface area contributed by atoms with E-state index in [-0.39, 0.29) is 18.4 Å². The molecule has 4 rings (SSSR count). The molecule has 0 aromatic heterocycles. The first-order valence-electron chi connectivity index (χ1n) is 10.3. The number of rotatable bonds is 5. The lowest BCUT2D eigenvalue weighted by atomic mass is 10.1. The highest BCUT2D eigenvalue weighted by atomic mass is 16.6. The van der Waals surface area contributed by atoms with Crippen LogP contribution in [0.25, 0.3) is 0 Å². The average Bonchev–Trinajstić information content (AvgIpc) is 2.78. The predicted molar refractivity (Wildman–Crippen MR) is 112 cm³/mol. The van der Waals surface area contributed by atoms with Crippen molar-refractivity contribution in [2.45, 2.75) is 19.6 Å². The maximum Gasteiger partial charge on any atom is 0.267 e. The molecule has 0 unspecified atom stereocenters. The van der Waals surface area contributed by atoms with Gasteiger partial charge in [-0.3, -0.25) is 14.5 Å². The molecule has 2 aliphatic rings. The number of nitrogens with zero attached hydrogens (tertiary/aromatic N) is 2. The molecule has 1 fully saturated rings. The molecule has 1 saturated heterocycles. The molecule has 2 aliphatic heterocycles. The molecule has 1 atom stereocenters. The summed E-state index contributed by atoms with van der Waals surface area (Å²) in [5.41, 5.74) is 2.29. The lowest BCUT2D eigenvalue weighted by Crippen LogP contribution is -2.55. The minimum absolute atomic E-state index is 0.00125. The summed E-state index contributed by atoms with van der Waals surface area (Å²) < 4.78 is 11.5. The fourth-order valence-electron chi connectivity index (χ4n) is 3.73. The molecule has 2 amide bonds. The second-order valence-corrected chi connectivity index (χ2v) is 7.67. The number of hydrogen-bond acceptors (Lipinski definition) is 5. The first kappa shape index (κ1) is 20.2. The van der Waals surface area contributed by atoms with E-state index in [9.17, 15) is 9.59 Å². The number of piperazine rings is 1. The van der Waals surface area contributed by atoms with E-state index >= 15 is 0 Å². The topological polar surface area (TPSA) is 71.1 Å². The molecule has 0 radical (unpaired) electrons. The van der Waals surface area contributed by atoms with Gasteiger partial charge < -0.3 is 19.7 Å². The number of amides is 2. The van der Waals surface area contributed by atoms with Crippen molar-refractivity contribution in [3.8, 4) is 11.5 Å². The molecule has 1 N–H and O–H groups in total. The fraction of sp³-hybridized carbons (Fsp3) is 0.391. The van der Waals surface area contributed by atoms with Gasteiger partial charge in [0.25, 0.3) is 5.91 Å². The van der Waals surface area contributed by atoms with E-state index in [1.807, 2.05) is 55.5 Å². The summed E-state index contributed by atoms with van der Waals surface area (Å²) in [4.78, 5) is 29.0. The molecule has 2 heterocycles. The summed E-state index contributed by atoms with van der Waals surface area (Å²) in [6.07, 6.45) is -0.621. The van der Waals surface area contributed by atoms with Crippen molar-refractivity contribution < 1.29 is 19.1 Å². The number of fused-ring (bicyclic) bond motifs is 1. The van der Waals surface area contributed by atoms with Gasteiger partial charge in [0.2, 0.25) is 12.0 Å². The molecule has 0 spiro atoms. The van der Waals surface area contributed by atoms with Crippen LogP contribution in [-0.2, 0) is 16.1 Å². The minimum Gasteiger partial charge on any atom is -0.485 e. The molecule has 158 valence electrons. The van der Waals surface area contributed by atoms with Crippen LogP contribution in [-0.4, -0.2) is 67.0 Å². The van der Waals surface area contributed by atoms with E-state index in [1.165, 1.54) is 5.56 Å². The van der Waals surface area contributed by atoms with Crippen LogP contribution < -0.4 is 14.8 Å². The van der Waals surface area contributed by atoms with Crippen LogP contribution in [0.5, 0.6) is 11.5 Å². The first-order chi connectivity index (χ1) is 14.6. The summed E-state index contributed by atoms with van der Waals surface area (Å²) in [5, 5.41) is 2.98. The van der Waals surface area contributed by atoms with Gasteiger partial charge in [-0.15, -0.1) is 0 Å². The Morgan fingerprint density at radius 1 is 1.00 bits per heavy atom. The number of hydrogen-bond donors (Lipinski definition) is 1. The molecule has 0 aliphatic carbocycles. The Balaban J connectivity index is 1.21. The second kappa shape index (κ2) is 9.17. The monoisotopic (exact) mass is 409 g/mol. The first-order valence-corrected chi connectivity index (χ1v) is 10.3. The van der Waals surface area contributed by atoms with Gasteiger partial charge in [-0.1, -0.05) is 36.4 Å². The van der Waals surface area contributed by atoms with E-state index < -0.39 is 6.10 Å². The fourth-order valence-corrected chi connectivity index (χ4v) is 3.73. The number of carbonyl (C=O) groups is 2. The Kier molecular flexibility index (Phi) is 6.18. The van der Waals surface area contributed by atoms with Crippen molar-refractivity contribution >= 4 is 11.8 Å². The normalized spacial score (nSPS) is 18.7. The highest BCUT2D eigenvalue weighted by molar-refractivity contribution is 5.82. The van der Waals surface area contributed by atoms with Crippen molar-refractivity contribution in [3.63, 3.8) is 0 Å². The second-order valence-electron chi connectivity index (χ2n) is 7.67. The van der Waals surface area contributed by atoms with Crippen LogP contribution in [0.1, 0.15) is 11.1 Å². The molecule has 7 nitrogen and oxygen atoms in total. The van der Waals surface area contributed by atoms with Crippen LogP contribution in [0, 0.1) is 6.92 Å². The van der Waals surface area contributed by atoms with E-state index in [2.05, 4.69) is 10.2 Å². The molecule has 2 aromatic rings. The van der Waals surface area contributed by atoms with Gasteiger partial charge in [0.15, 0.2) is 11.5 Å². The van der Waals surface area contributed by atoms with Gasteiger partial charge in [-0.25, -0.2) is 0 Å². The molecular weight excluding hydrogens is 382 g/mol. The third kappa shape index (κ3) is 4.74. The number of benzene rings is 2. The molecule has 2 aromatic carbocycles. The summed E-state index contributed by atoms with van der Waals surface area (Å²) in [5.74, 6) is 1.21. The minimum atomic E-state index is -0.621. The Bertz CT molecular complexity index is 909. The van der Waals surface area contributed by atoms with Gasteiger partial charge in [0.05, 0.1) is 6.54 Å². The van der Waals surface area contributed by atoms with Crippen molar-refractivity contribution in [2.24, 2.45) is 0 Å². The number of nitrogens with one attached hydrogen (secondary N) is 1. The molecule has 0 bridgehead atoms. The predicted octanol–water partition coefficient (Wildman–Crippen LogP) is 1.60. The van der Waals surface area contributed by atoms with Gasteiger partial charge in [-0.2, -0.15) is 0 Å². The smallest absolute Gasteiger partial charge is 0.267 e. The SMILES string of the molecule is Cc1ccccc1CNC(=O)CN1CCN(C(=O)[C@@H]2COc3ccccc3O2)CC1. The van der Waals surface area contributed by atoms with Gasteiger partial charge >= 0.3 is 0 Å². The number of carbonyl (C=O) groups excluding carboxylic acids is 2. The number of aryl methyl sites for hydroxylation is 1. The van der Waals surface area contributed by atoms with E-state index in [1.54, 1.807) is 4.90 Å². The van der Waals surface area contributed by atoms with Crippen molar-refractivity contribution in [1.29, 1.82) is 0 Å². The largest absolute Gasteiger partial charge is 0.485 e. The Morgan fingerprint density at radius 3 is 2.47 bits per heavy atom. The van der Waals surface area contributed by atoms with Gasteiger partial charge in [0, 0.05) is 32.7 Å². The summed E-state index contributed by atoms with van der Waals surface area (Å²) in [6.45, 7) is 5.60. The zero-order valence-electron chi connectivity index (χ0n) is 17.2. The van der Waals surface area contributed by atoms with Crippen LogP contribution in [0.2, 0.25) is 0 Å². The van der Waals surface area contributed by atoms with Crippen molar-refractivity contribution in [3.05, 3.63) is 59.7 Å². The quantitative estimate of drug-likeness (QED) is 0.812. The van der Waals surface area contributed by atoms with Crippen LogP contribution in [0.3, 0.4) is 0 Å². The van der Waals surface area contributed by atoms with E-state index in [4.69, 9.17) is 9.47 Å². The third-order valence-corrected chi connectivity index (χ3v) is 5.57. The Labute approximate surface area is 176 Å². The van der Waals surface area contributed by atoms with Gasteiger partial charge in [-0.05, 0) is 30.2 Å². The van der Waals surface area contributed by atoms with Gasteiger partial charge in [0.1, 0.15) is 6.61 Å². The molecule has 7 heteroatoms. The average molecular weight is 409 g/mol. The Morgan fingerprint density at radius 2 is 1.70 bits per heavy atom. The lowest BCUT2D eigenvalue weighted by Gasteiger charge is -2.36. The van der Waals surface area contributed by atoms with Crippen LogP contribution in [0.15, 0.2) is 48.5 Å². The Hall–Kier alpha value is -3.06. The highest BCUT2D eigenvalue weighted by Crippen LogP contribution is 2.31. The van der Waals surface area contributed by atoms with Crippen molar-refractivity contribution in [2.75, 3.05) is 39.3 Å². The third-order valence-electron chi connectivity index (χ3n) is 5.57. The standard InChI is InChI=1S/C23H27N3O4/c1-17-6-2-3-7-18(17)14-24-22(27)15-25-10-12-26(13-11-25)23(28)21-16-29-19-8-4-5-9-20(19)30-21/h2-9,21H,10-16H2,1H3,(H,24,27)/t21-/m0/s1. The zero-order valence-corrected chi connectivity index (χ0v) is 17.2. The van der Waals surface area contributed by atoms with Crippen LogP contribution >= 0.6 is 0 Å². The highest BCUT2D eigenvalue weighted by Gasteiger charge is 2.32.